The lowest BCUT2D eigenvalue weighted by Crippen LogP contribution is -2.51. The Bertz CT molecular complexity index is 293. The van der Waals surface area contributed by atoms with Gasteiger partial charge in [0.05, 0.1) is 10.4 Å². The highest BCUT2D eigenvalue weighted by Gasteiger charge is 2.38. The second-order valence-electron chi connectivity index (χ2n) is 5.05. The van der Waals surface area contributed by atoms with Crippen molar-refractivity contribution in [3.63, 3.8) is 0 Å². The molecule has 4 heteroatoms. The third kappa shape index (κ3) is 2.54. The van der Waals surface area contributed by atoms with E-state index < -0.39 is 5.41 Å². The van der Waals surface area contributed by atoms with E-state index in [0.717, 1.165) is 19.5 Å². The van der Waals surface area contributed by atoms with Gasteiger partial charge in [-0.05, 0) is 32.1 Å². The Morgan fingerprint density at radius 1 is 1.62 bits per heavy atom. The van der Waals surface area contributed by atoms with E-state index in [-0.39, 0.29) is 5.91 Å². The van der Waals surface area contributed by atoms with Crippen LogP contribution in [0.1, 0.15) is 40.0 Å². The summed E-state index contributed by atoms with van der Waals surface area (Å²) in [7, 11) is 0. The fourth-order valence-corrected chi connectivity index (χ4v) is 2.39. The SMILES string of the molecule is CCC(C)(C(=O)N1CCCC(C)C1)C(N)=S. The van der Waals surface area contributed by atoms with E-state index in [0.29, 0.717) is 17.3 Å². The molecule has 0 aliphatic carbocycles. The summed E-state index contributed by atoms with van der Waals surface area (Å²) in [6.07, 6.45) is 2.97. The Morgan fingerprint density at radius 3 is 2.69 bits per heavy atom. The summed E-state index contributed by atoms with van der Waals surface area (Å²) in [6.45, 7) is 7.70. The second kappa shape index (κ2) is 5.13. The van der Waals surface area contributed by atoms with E-state index in [1.54, 1.807) is 0 Å². The van der Waals surface area contributed by atoms with Gasteiger partial charge < -0.3 is 10.6 Å². The molecule has 0 radical (unpaired) electrons. The summed E-state index contributed by atoms with van der Waals surface area (Å²) in [4.78, 5) is 14.6. The van der Waals surface area contributed by atoms with E-state index in [2.05, 4.69) is 6.92 Å². The van der Waals surface area contributed by atoms with Crippen LogP contribution in [0.4, 0.5) is 0 Å². The maximum absolute atomic E-state index is 12.4. The molecular formula is C12H22N2OS. The molecule has 0 saturated carbocycles. The van der Waals surface area contributed by atoms with E-state index in [1.807, 2.05) is 18.7 Å². The molecule has 2 N–H and O–H groups in total. The van der Waals surface area contributed by atoms with Gasteiger partial charge in [0.25, 0.3) is 0 Å². The average Bonchev–Trinajstić information content (AvgIpc) is 2.26. The van der Waals surface area contributed by atoms with Crippen molar-refractivity contribution in [3.8, 4) is 0 Å². The van der Waals surface area contributed by atoms with Crippen molar-refractivity contribution in [1.29, 1.82) is 0 Å². The van der Waals surface area contributed by atoms with Crippen LogP contribution < -0.4 is 5.73 Å². The molecule has 2 atom stereocenters. The Balaban J connectivity index is 2.79. The van der Waals surface area contributed by atoms with Gasteiger partial charge in [-0.1, -0.05) is 26.1 Å². The number of hydrogen-bond acceptors (Lipinski definition) is 2. The van der Waals surface area contributed by atoms with Crippen LogP contribution in [-0.2, 0) is 4.79 Å². The average molecular weight is 242 g/mol. The Hall–Kier alpha value is -0.640. The predicted molar refractivity (Wildman–Crippen MR) is 70.2 cm³/mol. The molecule has 0 bridgehead atoms. The molecule has 0 aromatic heterocycles. The molecule has 3 nitrogen and oxygen atoms in total. The number of carbonyl (C=O) groups is 1. The molecular weight excluding hydrogens is 220 g/mol. The van der Waals surface area contributed by atoms with Gasteiger partial charge in [0.2, 0.25) is 5.91 Å². The van der Waals surface area contributed by atoms with Gasteiger partial charge in [0.15, 0.2) is 0 Å². The lowest BCUT2D eigenvalue weighted by Gasteiger charge is -2.37. The smallest absolute Gasteiger partial charge is 0.235 e. The molecule has 1 amide bonds. The van der Waals surface area contributed by atoms with Gasteiger partial charge in [-0.3, -0.25) is 4.79 Å². The minimum Gasteiger partial charge on any atom is -0.392 e. The quantitative estimate of drug-likeness (QED) is 0.769. The standard InChI is InChI=1S/C12H22N2OS/c1-4-12(3,10(13)16)11(15)14-7-5-6-9(2)8-14/h9H,4-8H2,1-3H3,(H2,13,16). The van der Waals surface area contributed by atoms with Crippen molar-refractivity contribution < 1.29 is 4.79 Å². The molecule has 0 spiro atoms. The third-order valence-corrected chi connectivity index (χ3v) is 4.12. The lowest BCUT2D eigenvalue weighted by atomic mass is 9.84. The topological polar surface area (TPSA) is 46.3 Å². The summed E-state index contributed by atoms with van der Waals surface area (Å²) in [5.41, 5.74) is 5.05. The number of nitrogens with zero attached hydrogens (tertiary/aromatic N) is 1. The molecule has 0 aromatic rings. The number of rotatable bonds is 3. The van der Waals surface area contributed by atoms with Crippen LogP contribution in [0, 0.1) is 11.3 Å². The van der Waals surface area contributed by atoms with Crippen LogP contribution in [0.15, 0.2) is 0 Å². The molecule has 1 saturated heterocycles. The summed E-state index contributed by atoms with van der Waals surface area (Å²) >= 11 is 5.03. The molecule has 1 aliphatic rings. The van der Waals surface area contributed by atoms with Crippen molar-refractivity contribution in [3.05, 3.63) is 0 Å². The van der Waals surface area contributed by atoms with Crippen LogP contribution in [0.3, 0.4) is 0 Å². The highest BCUT2D eigenvalue weighted by molar-refractivity contribution is 7.80. The van der Waals surface area contributed by atoms with E-state index in [9.17, 15) is 4.79 Å². The Morgan fingerprint density at radius 2 is 2.25 bits per heavy atom. The second-order valence-corrected chi connectivity index (χ2v) is 5.49. The summed E-state index contributed by atoms with van der Waals surface area (Å²) in [6, 6.07) is 0. The lowest BCUT2D eigenvalue weighted by molar-refractivity contribution is -0.139. The van der Waals surface area contributed by atoms with Crippen molar-refractivity contribution in [2.24, 2.45) is 17.1 Å². The molecule has 1 rings (SSSR count). The first-order valence-corrected chi connectivity index (χ1v) is 6.42. The predicted octanol–water partition coefficient (Wildman–Crippen LogP) is 1.95. The number of nitrogens with two attached hydrogens (primary N) is 1. The third-order valence-electron chi connectivity index (χ3n) is 3.67. The number of amides is 1. The molecule has 92 valence electrons. The summed E-state index contributed by atoms with van der Waals surface area (Å²) in [5, 5.41) is 0. The van der Waals surface area contributed by atoms with Crippen LogP contribution in [-0.4, -0.2) is 28.9 Å². The number of hydrogen-bond donors (Lipinski definition) is 1. The van der Waals surface area contributed by atoms with Crippen LogP contribution in [0.5, 0.6) is 0 Å². The largest absolute Gasteiger partial charge is 0.392 e. The van der Waals surface area contributed by atoms with Gasteiger partial charge >= 0.3 is 0 Å². The fourth-order valence-electron chi connectivity index (χ4n) is 2.15. The number of carbonyl (C=O) groups excluding carboxylic acids is 1. The van der Waals surface area contributed by atoms with Gasteiger partial charge in [-0.25, -0.2) is 0 Å². The Labute approximate surface area is 103 Å². The first-order valence-electron chi connectivity index (χ1n) is 6.01. The zero-order valence-corrected chi connectivity index (χ0v) is 11.3. The molecule has 1 aliphatic heterocycles. The van der Waals surface area contributed by atoms with Gasteiger partial charge in [-0.15, -0.1) is 0 Å². The first-order chi connectivity index (χ1) is 7.41. The maximum atomic E-state index is 12.4. The van der Waals surface area contributed by atoms with Crippen molar-refractivity contribution >= 4 is 23.1 Å². The molecule has 2 unspecified atom stereocenters. The summed E-state index contributed by atoms with van der Waals surface area (Å²) in [5.74, 6) is 0.694. The monoisotopic (exact) mass is 242 g/mol. The van der Waals surface area contributed by atoms with E-state index in [1.165, 1.54) is 6.42 Å². The van der Waals surface area contributed by atoms with E-state index >= 15 is 0 Å². The summed E-state index contributed by atoms with van der Waals surface area (Å²) < 4.78 is 0. The molecule has 0 aromatic carbocycles. The minimum atomic E-state index is -0.660. The van der Waals surface area contributed by atoms with E-state index in [4.69, 9.17) is 18.0 Å². The molecule has 1 fully saturated rings. The molecule has 16 heavy (non-hydrogen) atoms. The normalized spacial score (nSPS) is 24.9. The van der Waals surface area contributed by atoms with Crippen LogP contribution in [0.2, 0.25) is 0 Å². The zero-order valence-electron chi connectivity index (χ0n) is 10.5. The van der Waals surface area contributed by atoms with Crippen LogP contribution in [0.25, 0.3) is 0 Å². The van der Waals surface area contributed by atoms with Crippen molar-refractivity contribution in [2.75, 3.05) is 13.1 Å². The van der Waals surface area contributed by atoms with Gasteiger partial charge in [0.1, 0.15) is 0 Å². The van der Waals surface area contributed by atoms with Gasteiger partial charge in [0, 0.05) is 13.1 Å². The van der Waals surface area contributed by atoms with Crippen molar-refractivity contribution in [1.82, 2.24) is 4.90 Å². The highest BCUT2D eigenvalue weighted by Crippen LogP contribution is 2.27. The fraction of sp³-hybridized carbons (Fsp3) is 0.833. The highest BCUT2D eigenvalue weighted by atomic mass is 32.1. The van der Waals surface area contributed by atoms with Crippen LogP contribution >= 0.6 is 12.2 Å². The number of thiocarbonyl (C=S) groups is 1. The molecule has 1 heterocycles. The minimum absolute atomic E-state index is 0.106. The Kier molecular flexibility index (Phi) is 4.30. The van der Waals surface area contributed by atoms with Crippen molar-refractivity contribution in [2.45, 2.75) is 40.0 Å². The first kappa shape index (κ1) is 13.4. The zero-order chi connectivity index (χ0) is 12.3. The number of piperidine rings is 1. The van der Waals surface area contributed by atoms with Gasteiger partial charge in [-0.2, -0.15) is 0 Å². The number of likely N-dealkylation sites (tertiary alicyclic amines) is 1. The maximum Gasteiger partial charge on any atom is 0.235 e.